The van der Waals surface area contributed by atoms with E-state index in [1.807, 2.05) is 13.0 Å². The number of pyridine rings is 1. The number of hydrogen-bond donors (Lipinski definition) is 1. The van der Waals surface area contributed by atoms with Crippen LogP contribution in [0.1, 0.15) is 28.0 Å². The van der Waals surface area contributed by atoms with E-state index in [1.165, 1.54) is 19.1 Å². The third kappa shape index (κ3) is 3.91. The first-order chi connectivity index (χ1) is 14.0. The van der Waals surface area contributed by atoms with Gasteiger partial charge in [-0.2, -0.15) is 5.26 Å². The van der Waals surface area contributed by atoms with Crippen LogP contribution < -0.4 is 4.74 Å². The Bertz CT molecular complexity index is 997. The number of nitrogens with zero attached hydrogens (tertiary/aromatic N) is 4. The number of aliphatic hydroxyl groups is 1. The topological polar surface area (TPSA) is 108 Å². The summed E-state index contributed by atoms with van der Waals surface area (Å²) in [5, 5.41) is 22.8. The number of benzene rings is 1. The minimum absolute atomic E-state index is 0.177. The van der Waals surface area contributed by atoms with Gasteiger partial charge in [0.2, 0.25) is 0 Å². The van der Waals surface area contributed by atoms with Gasteiger partial charge in [-0.05, 0) is 24.1 Å². The molecule has 1 amide bonds. The predicted octanol–water partition coefficient (Wildman–Crippen LogP) is 2.15. The third-order valence-corrected chi connectivity index (χ3v) is 5.01. The van der Waals surface area contributed by atoms with E-state index < -0.39 is 0 Å². The molecule has 8 nitrogen and oxygen atoms in total. The van der Waals surface area contributed by atoms with Crippen LogP contribution in [0, 0.1) is 18.3 Å². The first kappa shape index (κ1) is 20.3. The Morgan fingerprint density at radius 1 is 1.41 bits per heavy atom. The van der Waals surface area contributed by atoms with Gasteiger partial charge in [-0.1, -0.05) is 17.3 Å². The fourth-order valence-electron chi connectivity index (χ4n) is 3.49. The highest BCUT2D eigenvalue weighted by molar-refractivity contribution is 6.00. The molecule has 2 aromatic rings. The van der Waals surface area contributed by atoms with Crippen molar-refractivity contribution in [3.05, 3.63) is 47.3 Å². The Labute approximate surface area is 169 Å². The Morgan fingerprint density at radius 3 is 2.86 bits per heavy atom. The summed E-state index contributed by atoms with van der Waals surface area (Å²) < 4.78 is 5.51. The first-order valence-electron chi connectivity index (χ1n) is 9.08. The zero-order valence-electron chi connectivity index (χ0n) is 16.5. The SMILES string of the molecule is CO/N=C1/C[C@@H](CO)N(C(=O)c2cc(OC)c(-c3cccc(C#N)c3C)cn2)C1. The second-order valence-corrected chi connectivity index (χ2v) is 6.67. The number of likely N-dealkylation sites (tertiary alicyclic amines) is 1. The molecule has 0 bridgehead atoms. The van der Waals surface area contributed by atoms with Gasteiger partial charge in [0.25, 0.3) is 5.91 Å². The molecule has 0 unspecified atom stereocenters. The van der Waals surface area contributed by atoms with Gasteiger partial charge in [0.15, 0.2) is 0 Å². The number of aromatic nitrogens is 1. The molecule has 0 radical (unpaired) electrons. The van der Waals surface area contributed by atoms with Gasteiger partial charge >= 0.3 is 0 Å². The van der Waals surface area contributed by atoms with Gasteiger partial charge in [0, 0.05) is 24.2 Å². The Hall–Kier alpha value is -3.44. The lowest BCUT2D eigenvalue weighted by Gasteiger charge is -2.22. The normalized spacial score (nSPS) is 17.3. The van der Waals surface area contributed by atoms with Gasteiger partial charge in [-0.25, -0.2) is 0 Å². The molecule has 1 aliphatic heterocycles. The van der Waals surface area contributed by atoms with E-state index in [0.717, 1.165) is 11.1 Å². The van der Waals surface area contributed by atoms with Crippen LogP contribution in [-0.2, 0) is 4.84 Å². The average molecular weight is 394 g/mol. The second-order valence-electron chi connectivity index (χ2n) is 6.67. The fraction of sp³-hybridized carbons (Fsp3) is 0.333. The summed E-state index contributed by atoms with van der Waals surface area (Å²) in [7, 11) is 2.96. The summed E-state index contributed by atoms with van der Waals surface area (Å²) in [5.74, 6) is 0.157. The third-order valence-electron chi connectivity index (χ3n) is 5.01. The number of ether oxygens (including phenoxy) is 1. The maximum atomic E-state index is 13.0. The zero-order chi connectivity index (χ0) is 21.0. The molecular formula is C21H22N4O4. The van der Waals surface area contributed by atoms with Crippen LogP contribution in [0.5, 0.6) is 5.75 Å². The summed E-state index contributed by atoms with van der Waals surface area (Å²) in [4.78, 5) is 23.7. The highest BCUT2D eigenvalue weighted by Crippen LogP contribution is 2.33. The number of hydrogen-bond acceptors (Lipinski definition) is 7. The van der Waals surface area contributed by atoms with Crippen LogP contribution >= 0.6 is 0 Å². The van der Waals surface area contributed by atoms with E-state index in [9.17, 15) is 15.2 Å². The van der Waals surface area contributed by atoms with E-state index >= 15 is 0 Å². The Balaban J connectivity index is 1.96. The summed E-state index contributed by atoms with van der Waals surface area (Å²) in [6.45, 7) is 1.95. The number of carbonyl (C=O) groups excluding carboxylic acids is 1. The van der Waals surface area contributed by atoms with E-state index in [1.54, 1.807) is 24.4 Å². The Morgan fingerprint density at radius 2 is 2.21 bits per heavy atom. The molecule has 3 rings (SSSR count). The second kappa shape index (κ2) is 8.71. The molecule has 1 atom stereocenters. The van der Waals surface area contributed by atoms with E-state index in [4.69, 9.17) is 9.57 Å². The lowest BCUT2D eigenvalue weighted by Crippen LogP contribution is -2.38. The predicted molar refractivity (Wildman–Crippen MR) is 107 cm³/mol. The van der Waals surface area contributed by atoms with Gasteiger partial charge in [-0.3, -0.25) is 9.78 Å². The molecular weight excluding hydrogens is 372 g/mol. The maximum Gasteiger partial charge on any atom is 0.273 e. The van der Waals surface area contributed by atoms with Crippen molar-refractivity contribution < 1.29 is 19.5 Å². The zero-order valence-corrected chi connectivity index (χ0v) is 16.5. The molecule has 1 saturated heterocycles. The number of oxime groups is 1. The molecule has 1 N–H and O–H groups in total. The number of aliphatic hydroxyl groups excluding tert-OH is 1. The fourth-order valence-corrected chi connectivity index (χ4v) is 3.49. The van der Waals surface area contributed by atoms with Gasteiger partial charge < -0.3 is 19.6 Å². The van der Waals surface area contributed by atoms with E-state index in [2.05, 4.69) is 16.2 Å². The number of methoxy groups -OCH3 is 1. The van der Waals surface area contributed by atoms with Crippen LogP contribution in [0.4, 0.5) is 0 Å². The van der Waals surface area contributed by atoms with Crippen molar-refractivity contribution in [2.75, 3.05) is 27.4 Å². The van der Waals surface area contributed by atoms with Gasteiger partial charge in [0.05, 0.1) is 43.6 Å². The lowest BCUT2D eigenvalue weighted by atomic mass is 9.97. The van der Waals surface area contributed by atoms with Crippen molar-refractivity contribution in [2.24, 2.45) is 5.16 Å². The van der Waals surface area contributed by atoms with E-state index in [0.29, 0.717) is 29.0 Å². The molecule has 29 heavy (non-hydrogen) atoms. The van der Waals surface area contributed by atoms with Crippen LogP contribution in [0.2, 0.25) is 0 Å². The van der Waals surface area contributed by atoms with Gasteiger partial charge in [-0.15, -0.1) is 0 Å². The molecule has 1 fully saturated rings. The molecule has 0 saturated carbocycles. The summed E-state index contributed by atoms with van der Waals surface area (Å²) in [5.41, 5.74) is 3.79. The van der Waals surface area contributed by atoms with Crippen molar-refractivity contribution >= 4 is 11.6 Å². The van der Waals surface area contributed by atoms with Crippen LogP contribution in [-0.4, -0.2) is 60.0 Å². The van der Waals surface area contributed by atoms with Crippen LogP contribution in [0.15, 0.2) is 35.6 Å². The monoisotopic (exact) mass is 394 g/mol. The minimum atomic E-state index is -0.376. The van der Waals surface area contributed by atoms with Gasteiger partial charge in [0.1, 0.15) is 18.6 Å². The van der Waals surface area contributed by atoms with Crippen LogP contribution in [0.25, 0.3) is 11.1 Å². The largest absolute Gasteiger partial charge is 0.496 e. The molecule has 1 aliphatic rings. The Kier molecular flexibility index (Phi) is 6.10. The van der Waals surface area contributed by atoms with Crippen LogP contribution in [0.3, 0.4) is 0 Å². The molecule has 0 aliphatic carbocycles. The minimum Gasteiger partial charge on any atom is -0.496 e. The summed E-state index contributed by atoms with van der Waals surface area (Å²) in [6, 6.07) is 8.80. The van der Waals surface area contributed by atoms with Crippen molar-refractivity contribution in [1.82, 2.24) is 9.88 Å². The van der Waals surface area contributed by atoms with Crippen molar-refractivity contribution in [1.29, 1.82) is 5.26 Å². The number of amides is 1. The molecule has 1 aromatic heterocycles. The highest BCUT2D eigenvalue weighted by atomic mass is 16.6. The number of nitriles is 1. The smallest absolute Gasteiger partial charge is 0.273 e. The van der Waals surface area contributed by atoms with Crippen molar-refractivity contribution in [3.63, 3.8) is 0 Å². The van der Waals surface area contributed by atoms with Crippen molar-refractivity contribution in [3.8, 4) is 22.9 Å². The van der Waals surface area contributed by atoms with E-state index in [-0.39, 0.29) is 30.8 Å². The standard InChI is InChI=1S/C21H22N4O4/c1-13-14(9-22)5-4-6-17(13)18-10-23-19(8-20(18)28-2)21(27)25-11-15(24-29-3)7-16(25)12-26/h4-6,8,10,16,26H,7,11-12H2,1-3H3/b24-15-/t16-/m0/s1. The number of rotatable bonds is 5. The molecule has 150 valence electrons. The summed E-state index contributed by atoms with van der Waals surface area (Å²) >= 11 is 0. The quantitative estimate of drug-likeness (QED) is 0.779. The molecule has 2 heterocycles. The van der Waals surface area contributed by atoms with Crippen molar-refractivity contribution in [2.45, 2.75) is 19.4 Å². The lowest BCUT2D eigenvalue weighted by molar-refractivity contribution is 0.0674. The highest BCUT2D eigenvalue weighted by Gasteiger charge is 2.34. The molecule has 1 aromatic carbocycles. The molecule has 0 spiro atoms. The maximum absolute atomic E-state index is 13.0. The summed E-state index contributed by atoms with van der Waals surface area (Å²) in [6.07, 6.45) is 2.02. The number of carbonyl (C=O) groups is 1. The first-order valence-corrected chi connectivity index (χ1v) is 9.08. The molecule has 8 heteroatoms. The average Bonchev–Trinajstić information content (AvgIpc) is 3.16.